The number of carbonyl (C=O) groups is 1. The van der Waals surface area contributed by atoms with Crippen LogP contribution < -0.4 is 10.6 Å². The Bertz CT molecular complexity index is 326. The largest absolute Gasteiger partial charge is 0.354 e. The normalized spacial score (nSPS) is 34.1. The van der Waals surface area contributed by atoms with Crippen LogP contribution in [0.2, 0.25) is 0 Å². The summed E-state index contributed by atoms with van der Waals surface area (Å²) < 4.78 is 0. The number of amides is 1. The molecule has 0 bridgehead atoms. The average molecular weight is 252 g/mol. The number of rotatable bonds is 3. The minimum atomic E-state index is -0.346. The second-order valence-electron chi connectivity index (χ2n) is 7.42. The molecule has 2 fully saturated rings. The SMILES string of the molecule is CC1(C(=O)NCC2C(C)(C)C2(C)C)CCCCN1. The Morgan fingerprint density at radius 3 is 2.22 bits per heavy atom. The lowest BCUT2D eigenvalue weighted by Crippen LogP contribution is -2.57. The van der Waals surface area contributed by atoms with Crippen molar-refractivity contribution >= 4 is 5.91 Å². The molecule has 2 N–H and O–H groups in total. The zero-order valence-electron chi connectivity index (χ0n) is 12.5. The van der Waals surface area contributed by atoms with Gasteiger partial charge in [-0.3, -0.25) is 4.79 Å². The molecule has 1 unspecified atom stereocenters. The zero-order valence-corrected chi connectivity index (χ0v) is 12.5. The molecule has 0 radical (unpaired) electrons. The summed E-state index contributed by atoms with van der Waals surface area (Å²) >= 11 is 0. The Morgan fingerprint density at radius 1 is 1.17 bits per heavy atom. The van der Waals surface area contributed by atoms with E-state index in [9.17, 15) is 4.79 Å². The maximum absolute atomic E-state index is 12.3. The third-order valence-corrected chi connectivity index (χ3v) is 5.91. The maximum atomic E-state index is 12.3. The minimum Gasteiger partial charge on any atom is -0.354 e. The second kappa shape index (κ2) is 4.22. The van der Waals surface area contributed by atoms with Gasteiger partial charge in [-0.2, -0.15) is 0 Å². The highest BCUT2D eigenvalue weighted by atomic mass is 16.2. The molecular weight excluding hydrogens is 224 g/mol. The Hall–Kier alpha value is -0.570. The zero-order chi connectivity index (χ0) is 13.6. The van der Waals surface area contributed by atoms with Crippen LogP contribution in [-0.4, -0.2) is 24.5 Å². The second-order valence-corrected chi connectivity index (χ2v) is 7.42. The topological polar surface area (TPSA) is 41.1 Å². The van der Waals surface area contributed by atoms with Gasteiger partial charge in [0.1, 0.15) is 0 Å². The first-order chi connectivity index (χ1) is 8.22. The summed E-state index contributed by atoms with van der Waals surface area (Å²) in [5, 5.41) is 6.53. The average Bonchev–Trinajstić information content (AvgIpc) is 2.67. The maximum Gasteiger partial charge on any atom is 0.240 e. The molecule has 1 saturated heterocycles. The van der Waals surface area contributed by atoms with E-state index < -0.39 is 0 Å². The number of nitrogens with one attached hydrogen (secondary N) is 2. The number of hydrogen-bond acceptors (Lipinski definition) is 2. The van der Waals surface area contributed by atoms with Gasteiger partial charge in [0, 0.05) is 6.54 Å². The predicted octanol–water partition coefficient (Wildman–Crippen LogP) is 2.32. The van der Waals surface area contributed by atoms with Gasteiger partial charge in [0.2, 0.25) is 5.91 Å². The lowest BCUT2D eigenvalue weighted by molar-refractivity contribution is -0.128. The van der Waals surface area contributed by atoms with Gasteiger partial charge >= 0.3 is 0 Å². The molecule has 2 rings (SSSR count). The molecule has 1 aliphatic heterocycles. The van der Waals surface area contributed by atoms with Gasteiger partial charge in [-0.05, 0) is 49.5 Å². The minimum absolute atomic E-state index is 0.181. The van der Waals surface area contributed by atoms with Gasteiger partial charge in [0.05, 0.1) is 5.54 Å². The third-order valence-electron chi connectivity index (χ3n) is 5.91. The van der Waals surface area contributed by atoms with Crippen LogP contribution in [-0.2, 0) is 4.79 Å². The Morgan fingerprint density at radius 2 is 1.78 bits per heavy atom. The van der Waals surface area contributed by atoms with E-state index in [-0.39, 0.29) is 11.4 Å². The molecule has 104 valence electrons. The van der Waals surface area contributed by atoms with Crippen LogP contribution in [0.4, 0.5) is 0 Å². The van der Waals surface area contributed by atoms with Crippen LogP contribution in [0.15, 0.2) is 0 Å². The fourth-order valence-electron chi connectivity index (χ4n) is 3.48. The molecule has 3 heteroatoms. The van der Waals surface area contributed by atoms with Crippen LogP contribution >= 0.6 is 0 Å². The van der Waals surface area contributed by atoms with Gasteiger partial charge in [-0.15, -0.1) is 0 Å². The number of hydrogen-bond donors (Lipinski definition) is 2. The lowest BCUT2D eigenvalue weighted by atomic mass is 9.90. The summed E-state index contributed by atoms with van der Waals surface area (Å²) in [7, 11) is 0. The smallest absolute Gasteiger partial charge is 0.240 e. The van der Waals surface area contributed by atoms with Gasteiger partial charge < -0.3 is 10.6 Å². The molecule has 1 amide bonds. The van der Waals surface area contributed by atoms with Crippen molar-refractivity contribution in [2.75, 3.05) is 13.1 Å². The van der Waals surface area contributed by atoms with Crippen LogP contribution in [0.25, 0.3) is 0 Å². The van der Waals surface area contributed by atoms with Crippen molar-refractivity contribution in [1.82, 2.24) is 10.6 Å². The van der Waals surface area contributed by atoms with Crippen molar-refractivity contribution in [2.24, 2.45) is 16.7 Å². The Kier molecular flexibility index (Phi) is 3.25. The first kappa shape index (κ1) is 13.9. The Labute approximate surface area is 111 Å². The van der Waals surface area contributed by atoms with Crippen molar-refractivity contribution in [3.8, 4) is 0 Å². The van der Waals surface area contributed by atoms with Crippen LogP contribution in [0.3, 0.4) is 0 Å². The molecular formula is C15H28N2O. The molecule has 1 heterocycles. The molecule has 0 aromatic heterocycles. The first-order valence-corrected chi connectivity index (χ1v) is 7.25. The van der Waals surface area contributed by atoms with Crippen molar-refractivity contribution in [3.63, 3.8) is 0 Å². The van der Waals surface area contributed by atoms with Crippen molar-refractivity contribution in [2.45, 2.75) is 59.4 Å². The quantitative estimate of drug-likeness (QED) is 0.809. The molecule has 18 heavy (non-hydrogen) atoms. The Balaban J connectivity index is 1.86. The van der Waals surface area contributed by atoms with Crippen molar-refractivity contribution < 1.29 is 4.79 Å². The summed E-state index contributed by atoms with van der Waals surface area (Å²) in [5.41, 5.74) is 0.351. The van der Waals surface area contributed by atoms with E-state index >= 15 is 0 Å². The molecule has 2 aliphatic rings. The summed E-state index contributed by atoms with van der Waals surface area (Å²) in [6.07, 6.45) is 3.29. The van der Waals surface area contributed by atoms with Gasteiger partial charge in [0.15, 0.2) is 0 Å². The van der Waals surface area contributed by atoms with E-state index in [0.29, 0.717) is 16.7 Å². The van der Waals surface area contributed by atoms with E-state index in [1.54, 1.807) is 0 Å². The molecule has 0 aromatic rings. The number of piperidine rings is 1. The summed E-state index contributed by atoms with van der Waals surface area (Å²) in [6.45, 7) is 13.0. The van der Waals surface area contributed by atoms with E-state index in [0.717, 1.165) is 25.9 Å². The van der Waals surface area contributed by atoms with Crippen LogP contribution in [0.5, 0.6) is 0 Å². The summed E-state index contributed by atoms with van der Waals surface area (Å²) in [6, 6.07) is 0. The monoisotopic (exact) mass is 252 g/mol. The summed E-state index contributed by atoms with van der Waals surface area (Å²) in [4.78, 5) is 12.3. The molecule has 0 spiro atoms. The fourth-order valence-corrected chi connectivity index (χ4v) is 3.48. The molecule has 1 saturated carbocycles. The third kappa shape index (κ3) is 2.07. The van der Waals surface area contributed by atoms with Gasteiger partial charge in [0.25, 0.3) is 0 Å². The molecule has 1 aliphatic carbocycles. The van der Waals surface area contributed by atoms with Crippen LogP contribution in [0.1, 0.15) is 53.9 Å². The van der Waals surface area contributed by atoms with Crippen LogP contribution in [0, 0.1) is 16.7 Å². The highest BCUT2D eigenvalue weighted by molar-refractivity contribution is 5.86. The van der Waals surface area contributed by atoms with Gasteiger partial charge in [-0.1, -0.05) is 27.7 Å². The van der Waals surface area contributed by atoms with E-state index in [1.807, 2.05) is 6.92 Å². The summed E-state index contributed by atoms with van der Waals surface area (Å²) in [5.74, 6) is 0.779. The highest BCUT2D eigenvalue weighted by Crippen LogP contribution is 2.67. The standard InChI is InChI=1S/C15H28N2O/c1-13(2)11(14(13,3)4)10-16-12(18)15(5)8-6-7-9-17-15/h11,17H,6-10H2,1-5H3,(H,16,18). The van der Waals surface area contributed by atoms with E-state index in [2.05, 4.69) is 38.3 Å². The number of carbonyl (C=O) groups excluding carboxylic acids is 1. The molecule has 1 atom stereocenters. The molecule has 0 aromatic carbocycles. The van der Waals surface area contributed by atoms with E-state index in [1.165, 1.54) is 6.42 Å². The van der Waals surface area contributed by atoms with Crippen molar-refractivity contribution in [1.29, 1.82) is 0 Å². The fraction of sp³-hybridized carbons (Fsp3) is 0.933. The molecule has 3 nitrogen and oxygen atoms in total. The first-order valence-electron chi connectivity index (χ1n) is 7.25. The lowest BCUT2D eigenvalue weighted by Gasteiger charge is -2.33. The van der Waals surface area contributed by atoms with E-state index in [4.69, 9.17) is 0 Å². The van der Waals surface area contributed by atoms with Gasteiger partial charge in [-0.25, -0.2) is 0 Å². The predicted molar refractivity (Wildman–Crippen MR) is 74.3 cm³/mol. The van der Waals surface area contributed by atoms with Crippen molar-refractivity contribution in [3.05, 3.63) is 0 Å². The highest BCUT2D eigenvalue weighted by Gasteiger charge is 2.64.